The molecule has 0 N–H and O–H groups in total. The molecule has 0 aromatic heterocycles. The number of carbonyl (C=O) groups is 1. The Morgan fingerprint density at radius 3 is 2.54 bits per heavy atom. The molecule has 0 fully saturated rings. The number of nitrogens with zero attached hydrogens (tertiary/aromatic N) is 2. The molecular weight excluding hydrogens is 549 g/mol. The zero-order chi connectivity index (χ0) is 29.6. The van der Waals surface area contributed by atoms with Crippen molar-refractivity contribution in [3.8, 4) is 23.3 Å². The molecule has 10 nitrogen and oxygen atoms in total. The minimum Gasteiger partial charge on any atom is -0.488 e. The maximum absolute atomic E-state index is 13.5. The summed E-state index contributed by atoms with van der Waals surface area (Å²) in [4.78, 5) is 13.5. The topological polar surface area (TPSA) is 109 Å². The first-order valence-corrected chi connectivity index (χ1v) is 12.8. The van der Waals surface area contributed by atoms with Gasteiger partial charge in [-0.1, -0.05) is 30.3 Å². The fraction of sp³-hybridized carbons (Fsp3) is 0.500. The summed E-state index contributed by atoms with van der Waals surface area (Å²) in [5.74, 6) is 0.288. The normalized spacial score (nSPS) is 19.9. The summed E-state index contributed by atoms with van der Waals surface area (Å²) < 4.78 is 80.1. The molecule has 0 saturated heterocycles. The Morgan fingerprint density at radius 2 is 1.88 bits per heavy atom. The van der Waals surface area contributed by atoms with Gasteiger partial charge in [-0.15, -0.1) is 0 Å². The van der Waals surface area contributed by atoms with Crippen LogP contribution in [0.3, 0.4) is 0 Å². The Balaban J connectivity index is 1.93. The van der Waals surface area contributed by atoms with E-state index >= 15 is 0 Å². The van der Waals surface area contributed by atoms with Crippen molar-refractivity contribution in [3.05, 3.63) is 52.6 Å². The van der Waals surface area contributed by atoms with Gasteiger partial charge in [0.1, 0.15) is 38.5 Å². The maximum atomic E-state index is 13.5. The monoisotopic (exact) mass is 580 g/mol. The Bertz CT molecular complexity index is 1250. The van der Waals surface area contributed by atoms with Crippen LogP contribution >= 0.6 is 0 Å². The largest absolute Gasteiger partial charge is 0.488 e. The fourth-order valence-electron chi connectivity index (χ4n) is 5.10. The summed E-state index contributed by atoms with van der Waals surface area (Å²) in [5, 5.41) is 9.73. The summed E-state index contributed by atoms with van der Waals surface area (Å²) in [6.07, 6.45) is -5.94. The van der Waals surface area contributed by atoms with Crippen LogP contribution in [0.2, 0.25) is 0 Å². The van der Waals surface area contributed by atoms with Gasteiger partial charge < -0.3 is 33.2 Å². The predicted octanol–water partition coefficient (Wildman–Crippen LogP) is 4.36. The van der Waals surface area contributed by atoms with Crippen LogP contribution in [-0.4, -0.2) is 70.1 Å². The van der Waals surface area contributed by atoms with Gasteiger partial charge in [-0.05, 0) is 12.5 Å². The molecular formula is C28H31F3N2O8. The van der Waals surface area contributed by atoms with Crippen LogP contribution in [0.15, 0.2) is 30.3 Å². The number of nitriles is 1. The zero-order valence-electron chi connectivity index (χ0n) is 22.9. The molecule has 2 aliphatic rings. The van der Waals surface area contributed by atoms with Gasteiger partial charge in [0.05, 0.1) is 31.3 Å². The van der Waals surface area contributed by atoms with Crippen LogP contribution in [0.1, 0.15) is 41.3 Å². The van der Waals surface area contributed by atoms with Crippen molar-refractivity contribution in [1.29, 1.82) is 5.26 Å². The van der Waals surface area contributed by atoms with Crippen LogP contribution in [0.5, 0.6) is 17.2 Å². The third-order valence-corrected chi connectivity index (χ3v) is 6.71. The number of methoxy groups -OCH3 is 1. The van der Waals surface area contributed by atoms with Crippen molar-refractivity contribution in [2.24, 2.45) is 0 Å². The molecule has 0 saturated carbocycles. The van der Waals surface area contributed by atoms with Gasteiger partial charge in [0, 0.05) is 30.7 Å². The number of carbonyl (C=O) groups excluding carboxylic acids is 1. The van der Waals surface area contributed by atoms with Crippen molar-refractivity contribution in [1.82, 2.24) is 4.90 Å². The molecule has 0 aliphatic carbocycles. The standard InChI is InChI=1S/C28H31F3N2O8/c1-17-24(38-11-19-7-5-4-6-8-19)23-22(27-25(17)40-16-41-27)20(13-37-18(2)34)33(10-9-32)21(12-36-15-35-3)26(23)39-14-28(29,30)31/h4-8,20-21,26H,10-16H2,1-3H3/t20-,21-,26?/m0/s1. The fourth-order valence-corrected chi connectivity index (χ4v) is 5.10. The second-order valence-corrected chi connectivity index (χ2v) is 9.46. The van der Waals surface area contributed by atoms with E-state index in [1.165, 1.54) is 14.0 Å². The first-order chi connectivity index (χ1) is 19.7. The molecule has 0 radical (unpaired) electrons. The van der Waals surface area contributed by atoms with Crippen molar-refractivity contribution >= 4 is 5.97 Å². The third-order valence-electron chi connectivity index (χ3n) is 6.71. The minimum absolute atomic E-state index is 0.0983. The molecule has 13 heteroatoms. The van der Waals surface area contributed by atoms with E-state index in [-0.39, 0.29) is 57.0 Å². The first kappa shape index (κ1) is 30.4. The maximum Gasteiger partial charge on any atom is 0.411 e. The highest BCUT2D eigenvalue weighted by atomic mass is 19.4. The number of alkyl halides is 3. The van der Waals surface area contributed by atoms with E-state index in [2.05, 4.69) is 6.07 Å². The third kappa shape index (κ3) is 7.02. The van der Waals surface area contributed by atoms with Crippen LogP contribution in [0.4, 0.5) is 13.2 Å². The molecule has 4 rings (SSSR count). The van der Waals surface area contributed by atoms with E-state index in [9.17, 15) is 23.2 Å². The van der Waals surface area contributed by atoms with Gasteiger partial charge in [0.2, 0.25) is 6.79 Å². The van der Waals surface area contributed by atoms with Gasteiger partial charge in [-0.25, -0.2) is 0 Å². The summed E-state index contributed by atoms with van der Waals surface area (Å²) in [7, 11) is 1.41. The van der Waals surface area contributed by atoms with Crippen molar-refractivity contribution < 1.29 is 51.1 Å². The molecule has 0 bridgehead atoms. The molecule has 222 valence electrons. The van der Waals surface area contributed by atoms with E-state index < -0.39 is 36.9 Å². The summed E-state index contributed by atoms with van der Waals surface area (Å²) in [6, 6.07) is 9.54. The number of ether oxygens (including phenoxy) is 7. The average molecular weight is 581 g/mol. The lowest BCUT2D eigenvalue weighted by molar-refractivity contribution is -0.201. The summed E-state index contributed by atoms with van der Waals surface area (Å²) in [6.45, 7) is 0.545. The van der Waals surface area contributed by atoms with Crippen LogP contribution in [-0.2, 0) is 30.3 Å². The van der Waals surface area contributed by atoms with Gasteiger partial charge in [-0.2, -0.15) is 18.4 Å². The Labute approximate surface area is 235 Å². The van der Waals surface area contributed by atoms with E-state index in [0.29, 0.717) is 16.9 Å². The van der Waals surface area contributed by atoms with Crippen LogP contribution in [0, 0.1) is 18.3 Å². The second kappa shape index (κ2) is 13.4. The molecule has 0 amide bonds. The second-order valence-electron chi connectivity index (χ2n) is 9.46. The SMILES string of the molecule is COCOC[C@H]1C(OCC(F)(F)F)c2c(OCc3ccccc3)c(C)c3c(c2[C@H](COC(C)=O)N1CC#N)OCO3. The van der Waals surface area contributed by atoms with Crippen LogP contribution in [0.25, 0.3) is 0 Å². The first-order valence-electron chi connectivity index (χ1n) is 12.8. The number of halogens is 3. The Kier molecular flexibility index (Phi) is 9.93. The number of hydrogen-bond donors (Lipinski definition) is 0. The van der Waals surface area contributed by atoms with Gasteiger partial charge in [0.15, 0.2) is 11.5 Å². The van der Waals surface area contributed by atoms with E-state index in [4.69, 9.17) is 33.2 Å². The van der Waals surface area contributed by atoms with Crippen molar-refractivity contribution in [3.63, 3.8) is 0 Å². The van der Waals surface area contributed by atoms with E-state index in [0.717, 1.165) is 5.56 Å². The number of hydrogen-bond acceptors (Lipinski definition) is 10. The Hall–Kier alpha value is -3.57. The smallest absolute Gasteiger partial charge is 0.411 e. The molecule has 1 unspecified atom stereocenters. The summed E-state index contributed by atoms with van der Waals surface area (Å²) >= 11 is 0. The van der Waals surface area contributed by atoms with E-state index in [1.807, 2.05) is 30.3 Å². The van der Waals surface area contributed by atoms with E-state index in [1.54, 1.807) is 11.8 Å². The zero-order valence-corrected chi connectivity index (χ0v) is 22.9. The van der Waals surface area contributed by atoms with Crippen molar-refractivity contribution in [2.45, 2.75) is 44.8 Å². The molecule has 2 aromatic carbocycles. The van der Waals surface area contributed by atoms with Gasteiger partial charge >= 0.3 is 12.1 Å². The molecule has 3 atom stereocenters. The van der Waals surface area contributed by atoms with Crippen LogP contribution < -0.4 is 14.2 Å². The highest BCUT2D eigenvalue weighted by Crippen LogP contribution is 2.56. The Morgan fingerprint density at radius 1 is 1.15 bits per heavy atom. The lowest BCUT2D eigenvalue weighted by atomic mass is 9.83. The quantitative estimate of drug-likeness (QED) is 0.156. The predicted molar refractivity (Wildman–Crippen MR) is 136 cm³/mol. The van der Waals surface area contributed by atoms with Gasteiger partial charge in [0.25, 0.3) is 0 Å². The van der Waals surface area contributed by atoms with Gasteiger partial charge in [-0.3, -0.25) is 9.69 Å². The molecule has 2 aromatic rings. The number of fused-ring (bicyclic) bond motifs is 3. The molecule has 2 aliphatic heterocycles. The minimum atomic E-state index is -4.65. The molecule has 2 heterocycles. The van der Waals surface area contributed by atoms with Crippen molar-refractivity contribution in [2.75, 3.05) is 47.1 Å². The number of rotatable bonds is 12. The lowest BCUT2D eigenvalue weighted by Gasteiger charge is -2.46. The number of benzene rings is 2. The lowest BCUT2D eigenvalue weighted by Crippen LogP contribution is -2.51. The average Bonchev–Trinajstić information content (AvgIpc) is 3.42. The highest BCUT2D eigenvalue weighted by Gasteiger charge is 2.49. The molecule has 41 heavy (non-hydrogen) atoms. The summed E-state index contributed by atoms with van der Waals surface area (Å²) in [5.41, 5.74) is 1.97. The molecule has 0 spiro atoms. The highest BCUT2D eigenvalue weighted by molar-refractivity contribution is 5.68. The number of esters is 1.